The lowest BCUT2D eigenvalue weighted by molar-refractivity contribution is 0.748. The largest absolute Gasteiger partial charge is 0.0785 e. The standard InChI is InChI=1S/C12H22/c1-9(2)7-12(11(5)6)8-10(3)4/h7-9,11H,1-6H3/b12-7+. The van der Waals surface area contributed by atoms with E-state index >= 15 is 0 Å². The molecule has 0 saturated carbocycles. The van der Waals surface area contributed by atoms with Gasteiger partial charge >= 0.3 is 0 Å². The molecule has 70 valence electrons. The van der Waals surface area contributed by atoms with Gasteiger partial charge in [-0.25, -0.2) is 0 Å². The van der Waals surface area contributed by atoms with Crippen LogP contribution in [0.5, 0.6) is 0 Å². The fourth-order valence-electron chi connectivity index (χ4n) is 1.13. The summed E-state index contributed by atoms with van der Waals surface area (Å²) in [6.45, 7) is 13.2. The molecular formula is C12H22. The number of allylic oxidation sites excluding steroid dienone is 4. The van der Waals surface area contributed by atoms with Gasteiger partial charge in [0.25, 0.3) is 0 Å². The summed E-state index contributed by atoms with van der Waals surface area (Å²) in [5.41, 5.74) is 2.85. The van der Waals surface area contributed by atoms with Crippen molar-refractivity contribution in [2.75, 3.05) is 0 Å². The highest BCUT2D eigenvalue weighted by molar-refractivity contribution is 5.24. The maximum atomic E-state index is 2.34. The molecule has 0 unspecified atom stereocenters. The summed E-state index contributed by atoms with van der Waals surface area (Å²) in [4.78, 5) is 0. The molecule has 0 rings (SSSR count). The van der Waals surface area contributed by atoms with Gasteiger partial charge in [0.1, 0.15) is 0 Å². The maximum absolute atomic E-state index is 2.34. The molecule has 0 aliphatic rings. The van der Waals surface area contributed by atoms with E-state index in [2.05, 4.69) is 53.7 Å². The topological polar surface area (TPSA) is 0 Å². The zero-order valence-electron chi connectivity index (χ0n) is 9.31. The van der Waals surface area contributed by atoms with E-state index in [1.165, 1.54) is 11.1 Å². The van der Waals surface area contributed by atoms with Crippen molar-refractivity contribution in [2.45, 2.75) is 41.5 Å². The third-order valence-electron chi connectivity index (χ3n) is 1.65. The first kappa shape index (κ1) is 11.5. The van der Waals surface area contributed by atoms with Gasteiger partial charge in [0, 0.05) is 0 Å². The van der Waals surface area contributed by atoms with Crippen LogP contribution in [0.15, 0.2) is 23.3 Å². The fourth-order valence-corrected chi connectivity index (χ4v) is 1.13. The van der Waals surface area contributed by atoms with E-state index in [1.807, 2.05) is 0 Å². The average molecular weight is 166 g/mol. The molecule has 0 aliphatic carbocycles. The van der Waals surface area contributed by atoms with Gasteiger partial charge in [-0.2, -0.15) is 0 Å². The predicted octanol–water partition coefficient (Wildman–Crippen LogP) is 4.19. The van der Waals surface area contributed by atoms with Crippen LogP contribution in [-0.2, 0) is 0 Å². The van der Waals surface area contributed by atoms with E-state index in [-0.39, 0.29) is 0 Å². The Labute approximate surface area is 77.4 Å². The Morgan fingerprint density at radius 1 is 1.00 bits per heavy atom. The Balaban J connectivity index is 4.56. The lowest BCUT2D eigenvalue weighted by Crippen LogP contribution is -1.94. The van der Waals surface area contributed by atoms with Gasteiger partial charge in [0.05, 0.1) is 0 Å². The zero-order valence-corrected chi connectivity index (χ0v) is 9.31. The molecule has 0 spiro atoms. The van der Waals surface area contributed by atoms with Crippen molar-refractivity contribution in [1.82, 2.24) is 0 Å². The minimum absolute atomic E-state index is 0.641. The van der Waals surface area contributed by atoms with Gasteiger partial charge in [0.2, 0.25) is 0 Å². The van der Waals surface area contributed by atoms with Crippen molar-refractivity contribution in [3.8, 4) is 0 Å². The molecule has 0 saturated heterocycles. The van der Waals surface area contributed by atoms with Crippen LogP contribution in [0, 0.1) is 11.8 Å². The number of hydrogen-bond acceptors (Lipinski definition) is 0. The molecule has 0 aromatic rings. The Hall–Kier alpha value is -0.520. The molecule has 0 nitrogen and oxygen atoms in total. The lowest BCUT2D eigenvalue weighted by Gasteiger charge is -2.09. The summed E-state index contributed by atoms with van der Waals surface area (Å²) in [5, 5.41) is 0. The van der Waals surface area contributed by atoms with Gasteiger partial charge in [-0.1, -0.05) is 45.4 Å². The Kier molecular flexibility index (Phi) is 4.96. The monoisotopic (exact) mass is 166 g/mol. The van der Waals surface area contributed by atoms with Crippen molar-refractivity contribution >= 4 is 0 Å². The van der Waals surface area contributed by atoms with Gasteiger partial charge in [-0.05, 0) is 31.3 Å². The second-order valence-corrected chi connectivity index (χ2v) is 4.29. The van der Waals surface area contributed by atoms with Crippen molar-refractivity contribution in [3.63, 3.8) is 0 Å². The Morgan fingerprint density at radius 3 is 1.75 bits per heavy atom. The van der Waals surface area contributed by atoms with Crippen LogP contribution in [0.25, 0.3) is 0 Å². The van der Waals surface area contributed by atoms with Gasteiger partial charge in [-0.3, -0.25) is 0 Å². The summed E-state index contributed by atoms with van der Waals surface area (Å²) in [5.74, 6) is 1.29. The van der Waals surface area contributed by atoms with E-state index in [9.17, 15) is 0 Å². The summed E-state index contributed by atoms with van der Waals surface area (Å²) in [6.07, 6.45) is 4.63. The molecule has 0 radical (unpaired) electrons. The smallest absolute Gasteiger partial charge is 0.0222 e. The predicted molar refractivity (Wildman–Crippen MR) is 57.2 cm³/mol. The summed E-state index contributed by atoms with van der Waals surface area (Å²) >= 11 is 0. The van der Waals surface area contributed by atoms with E-state index in [0.29, 0.717) is 11.8 Å². The highest BCUT2D eigenvalue weighted by Gasteiger charge is 2.00. The molecule has 0 N–H and O–H groups in total. The van der Waals surface area contributed by atoms with Crippen molar-refractivity contribution in [2.24, 2.45) is 11.8 Å². The SMILES string of the molecule is CC(C)=C/C(=C\C(C)C)C(C)C. The van der Waals surface area contributed by atoms with Crippen molar-refractivity contribution in [3.05, 3.63) is 23.3 Å². The first-order chi connectivity index (χ1) is 5.43. The van der Waals surface area contributed by atoms with Crippen LogP contribution in [0.3, 0.4) is 0 Å². The molecule has 0 fully saturated rings. The van der Waals surface area contributed by atoms with Crippen LogP contribution >= 0.6 is 0 Å². The molecule has 0 heteroatoms. The zero-order chi connectivity index (χ0) is 9.72. The second-order valence-electron chi connectivity index (χ2n) is 4.29. The third-order valence-corrected chi connectivity index (χ3v) is 1.65. The minimum Gasteiger partial charge on any atom is -0.0785 e. The molecule has 0 aromatic carbocycles. The normalized spacial score (nSPS) is 12.5. The highest BCUT2D eigenvalue weighted by atomic mass is 14.1. The number of hydrogen-bond donors (Lipinski definition) is 0. The van der Waals surface area contributed by atoms with E-state index < -0.39 is 0 Å². The summed E-state index contributed by atoms with van der Waals surface area (Å²) in [7, 11) is 0. The number of rotatable bonds is 3. The van der Waals surface area contributed by atoms with Crippen molar-refractivity contribution < 1.29 is 0 Å². The average Bonchev–Trinajstić information content (AvgIpc) is 1.83. The van der Waals surface area contributed by atoms with E-state index in [1.54, 1.807) is 0 Å². The molecular weight excluding hydrogens is 144 g/mol. The van der Waals surface area contributed by atoms with Crippen LogP contribution < -0.4 is 0 Å². The van der Waals surface area contributed by atoms with Crippen LogP contribution in [0.1, 0.15) is 41.5 Å². The first-order valence-corrected chi connectivity index (χ1v) is 4.80. The summed E-state index contributed by atoms with van der Waals surface area (Å²) in [6, 6.07) is 0. The second kappa shape index (κ2) is 5.18. The van der Waals surface area contributed by atoms with Crippen LogP contribution in [0.4, 0.5) is 0 Å². The lowest BCUT2D eigenvalue weighted by atomic mass is 9.97. The molecule has 0 aromatic heterocycles. The van der Waals surface area contributed by atoms with Gasteiger partial charge < -0.3 is 0 Å². The molecule has 0 atom stereocenters. The minimum atomic E-state index is 0.641. The first-order valence-electron chi connectivity index (χ1n) is 4.80. The molecule has 0 amide bonds. The highest BCUT2D eigenvalue weighted by Crippen LogP contribution is 2.15. The summed E-state index contributed by atoms with van der Waals surface area (Å²) < 4.78 is 0. The molecule has 0 bridgehead atoms. The Bertz CT molecular complexity index is 176. The molecule has 0 aliphatic heterocycles. The van der Waals surface area contributed by atoms with E-state index in [0.717, 1.165) is 0 Å². The molecule has 12 heavy (non-hydrogen) atoms. The third kappa shape index (κ3) is 5.17. The van der Waals surface area contributed by atoms with Crippen molar-refractivity contribution in [1.29, 1.82) is 0 Å². The quantitative estimate of drug-likeness (QED) is 0.551. The van der Waals surface area contributed by atoms with E-state index in [4.69, 9.17) is 0 Å². The fraction of sp³-hybridized carbons (Fsp3) is 0.667. The Morgan fingerprint density at radius 2 is 1.50 bits per heavy atom. The van der Waals surface area contributed by atoms with Gasteiger partial charge in [0.15, 0.2) is 0 Å². The van der Waals surface area contributed by atoms with Crippen LogP contribution in [0.2, 0.25) is 0 Å². The van der Waals surface area contributed by atoms with Crippen LogP contribution in [-0.4, -0.2) is 0 Å². The molecule has 0 heterocycles. The van der Waals surface area contributed by atoms with Gasteiger partial charge in [-0.15, -0.1) is 0 Å². The maximum Gasteiger partial charge on any atom is -0.0222 e.